The van der Waals surface area contributed by atoms with Gasteiger partial charge in [-0.3, -0.25) is 0 Å². The highest BCUT2D eigenvalue weighted by atomic mass is 14.3. The minimum absolute atomic E-state index is 0.516. The van der Waals surface area contributed by atoms with Gasteiger partial charge in [0.1, 0.15) is 0 Å². The fourth-order valence-electron chi connectivity index (χ4n) is 7.79. The molecule has 2 aliphatic carbocycles. The van der Waals surface area contributed by atoms with Crippen molar-refractivity contribution in [3.05, 3.63) is 144 Å². The van der Waals surface area contributed by atoms with Crippen molar-refractivity contribution >= 4 is 0 Å². The van der Waals surface area contributed by atoms with Crippen LogP contribution in [0.25, 0.3) is 0 Å². The van der Waals surface area contributed by atoms with Crippen molar-refractivity contribution in [2.75, 3.05) is 0 Å². The highest BCUT2D eigenvalue weighted by molar-refractivity contribution is 5.36. The Morgan fingerprint density at radius 2 is 1.33 bits per heavy atom. The fraction of sp³-hybridized carbons (Fsp3) is 0.442. The first-order chi connectivity index (χ1) is 21.0. The van der Waals surface area contributed by atoms with Gasteiger partial charge in [-0.25, -0.2) is 0 Å². The number of aryl methyl sites for hydroxylation is 2. The highest BCUT2D eigenvalue weighted by Crippen LogP contribution is 2.39. The maximum absolute atomic E-state index is 4.21. The quantitative estimate of drug-likeness (QED) is 0.179. The molecule has 3 aromatic rings. The lowest BCUT2D eigenvalue weighted by atomic mass is 9.76. The minimum Gasteiger partial charge on any atom is -0.103 e. The standard InChI is InChI=1S/C43H54/c1-5-33-13-22-38(23-14-33)39-24-17-35(18-25-39)30-41(37-10-8-7-9-11-37)28-19-36-20-29-43(42(31-36)21-12-32(3)4)40-26-15-34(6-2)16-27-40/h5-11,17-18,20,24-25,29,31,33-34,38,40-41H,1-3,12-16,19,21-23,26-28,30H2,4H3. The Labute approximate surface area is 263 Å². The van der Waals surface area contributed by atoms with E-state index in [4.69, 9.17) is 0 Å². The van der Waals surface area contributed by atoms with Crippen LogP contribution in [-0.2, 0) is 19.3 Å². The Morgan fingerprint density at radius 3 is 1.93 bits per heavy atom. The van der Waals surface area contributed by atoms with Gasteiger partial charge in [0.05, 0.1) is 0 Å². The van der Waals surface area contributed by atoms with Gasteiger partial charge in [0, 0.05) is 0 Å². The predicted octanol–water partition coefficient (Wildman–Crippen LogP) is 12.1. The molecule has 0 aromatic heterocycles. The molecule has 0 heteroatoms. The van der Waals surface area contributed by atoms with Gasteiger partial charge in [0.15, 0.2) is 0 Å². The lowest BCUT2D eigenvalue weighted by Gasteiger charge is -2.29. The SMILES string of the molecule is C=CC1CCC(c2ccc(CC(CCc3ccc(C4CCC(C=C)CC4)c(CCC(=C)C)c3)c3ccccc3)cc2)CC1. The van der Waals surface area contributed by atoms with E-state index in [2.05, 4.69) is 112 Å². The summed E-state index contributed by atoms with van der Waals surface area (Å²) in [6.45, 7) is 14.5. The van der Waals surface area contributed by atoms with E-state index in [1.165, 1.54) is 85.6 Å². The zero-order chi connectivity index (χ0) is 30.0. The summed E-state index contributed by atoms with van der Waals surface area (Å²) in [6, 6.07) is 28.4. The molecule has 0 bridgehead atoms. The molecular formula is C43H54. The average molecular weight is 571 g/mol. The normalized spacial score (nSPS) is 22.9. The third kappa shape index (κ3) is 8.72. The first kappa shape index (κ1) is 31.3. The van der Waals surface area contributed by atoms with Crippen molar-refractivity contribution in [1.29, 1.82) is 0 Å². The number of hydrogen-bond acceptors (Lipinski definition) is 0. The van der Waals surface area contributed by atoms with Crippen molar-refractivity contribution in [3.63, 3.8) is 0 Å². The third-order valence-electron chi connectivity index (χ3n) is 10.7. The van der Waals surface area contributed by atoms with Crippen LogP contribution in [0.3, 0.4) is 0 Å². The van der Waals surface area contributed by atoms with Gasteiger partial charge in [-0.1, -0.05) is 90.5 Å². The van der Waals surface area contributed by atoms with Gasteiger partial charge >= 0.3 is 0 Å². The van der Waals surface area contributed by atoms with E-state index in [0.29, 0.717) is 23.7 Å². The Balaban J connectivity index is 1.28. The zero-order valence-electron chi connectivity index (χ0n) is 26.8. The summed E-state index contributed by atoms with van der Waals surface area (Å²) in [5, 5.41) is 0. The largest absolute Gasteiger partial charge is 0.103 e. The summed E-state index contributed by atoms with van der Waals surface area (Å²) in [4.78, 5) is 0. The van der Waals surface area contributed by atoms with Gasteiger partial charge < -0.3 is 0 Å². The second-order valence-corrected chi connectivity index (χ2v) is 13.8. The lowest BCUT2D eigenvalue weighted by molar-refractivity contribution is 0.375. The minimum atomic E-state index is 0.516. The zero-order valence-corrected chi connectivity index (χ0v) is 26.8. The molecule has 43 heavy (non-hydrogen) atoms. The Hall–Kier alpha value is -3.12. The van der Waals surface area contributed by atoms with Gasteiger partial charge in [0.2, 0.25) is 0 Å². The number of rotatable bonds is 13. The molecular weight excluding hydrogens is 516 g/mol. The molecule has 0 aliphatic heterocycles. The molecule has 1 unspecified atom stereocenters. The summed E-state index contributed by atoms with van der Waals surface area (Å²) >= 11 is 0. The Morgan fingerprint density at radius 1 is 0.721 bits per heavy atom. The van der Waals surface area contributed by atoms with Gasteiger partial charge in [-0.05, 0) is 153 Å². The van der Waals surface area contributed by atoms with Crippen LogP contribution in [0, 0.1) is 11.8 Å². The molecule has 2 aliphatic rings. The van der Waals surface area contributed by atoms with Crippen molar-refractivity contribution in [2.45, 2.75) is 108 Å². The van der Waals surface area contributed by atoms with E-state index in [1.807, 2.05) is 0 Å². The Bertz CT molecular complexity index is 1310. The summed E-state index contributed by atoms with van der Waals surface area (Å²) in [7, 11) is 0. The van der Waals surface area contributed by atoms with Crippen LogP contribution in [0.2, 0.25) is 0 Å². The van der Waals surface area contributed by atoms with Crippen LogP contribution in [0.15, 0.2) is 110 Å². The smallest absolute Gasteiger partial charge is 0.0118 e. The molecule has 2 saturated carbocycles. The van der Waals surface area contributed by atoms with E-state index in [0.717, 1.165) is 31.6 Å². The number of benzene rings is 3. The molecule has 5 rings (SSSR count). The van der Waals surface area contributed by atoms with E-state index in [1.54, 1.807) is 11.1 Å². The summed E-state index contributed by atoms with van der Waals surface area (Å²) in [5.41, 5.74) is 10.4. The van der Waals surface area contributed by atoms with Crippen molar-refractivity contribution in [3.8, 4) is 0 Å². The summed E-state index contributed by atoms with van der Waals surface area (Å²) < 4.78 is 0. The van der Waals surface area contributed by atoms with Crippen LogP contribution in [-0.4, -0.2) is 0 Å². The maximum Gasteiger partial charge on any atom is -0.0118 e. The molecule has 0 N–H and O–H groups in total. The topological polar surface area (TPSA) is 0 Å². The second-order valence-electron chi connectivity index (χ2n) is 13.8. The molecule has 0 amide bonds. The molecule has 1 atom stereocenters. The third-order valence-corrected chi connectivity index (χ3v) is 10.7. The number of allylic oxidation sites excluding steroid dienone is 3. The van der Waals surface area contributed by atoms with Crippen LogP contribution in [0.5, 0.6) is 0 Å². The number of hydrogen-bond donors (Lipinski definition) is 0. The molecule has 0 heterocycles. The maximum atomic E-state index is 4.21. The van der Waals surface area contributed by atoms with Crippen LogP contribution >= 0.6 is 0 Å². The van der Waals surface area contributed by atoms with Crippen LogP contribution < -0.4 is 0 Å². The van der Waals surface area contributed by atoms with Crippen molar-refractivity contribution in [2.24, 2.45) is 11.8 Å². The highest BCUT2D eigenvalue weighted by Gasteiger charge is 2.23. The van der Waals surface area contributed by atoms with Gasteiger partial charge in [-0.2, -0.15) is 0 Å². The molecule has 0 radical (unpaired) electrons. The van der Waals surface area contributed by atoms with Crippen molar-refractivity contribution in [1.82, 2.24) is 0 Å². The molecule has 0 nitrogen and oxygen atoms in total. The average Bonchev–Trinajstić information content (AvgIpc) is 3.06. The van der Waals surface area contributed by atoms with E-state index >= 15 is 0 Å². The molecule has 0 saturated heterocycles. The second kappa shape index (κ2) is 15.6. The van der Waals surface area contributed by atoms with E-state index in [9.17, 15) is 0 Å². The van der Waals surface area contributed by atoms with Gasteiger partial charge in [0.25, 0.3) is 0 Å². The molecule has 226 valence electrons. The molecule has 0 spiro atoms. The monoisotopic (exact) mass is 570 g/mol. The van der Waals surface area contributed by atoms with Crippen LogP contribution in [0.1, 0.15) is 122 Å². The lowest BCUT2D eigenvalue weighted by Crippen LogP contribution is -2.13. The predicted molar refractivity (Wildman–Crippen MR) is 187 cm³/mol. The van der Waals surface area contributed by atoms with E-state index < -0.39 is 0 Å². The van der Waals surface area contributed by atoms with E-state index in [-0.39, 0.29) is 0 Å². The fourth-order valence-corrected chi connectivity index (χ4v) is 7.79. The first-order valence-corrected chi connectivity index (χ1v) is 17.2. The molecule has 2 fully saturated rings. The van der Waals surface area contributed by atoms with Gasteiger partial charge in [-0.15, -0.1) is 19.7 Å². The first-order valence-electron chi connectivity index (χ1n) is 17.2. The van der Waals surface area contributed by atoms with Crippen LogP contribution in [0.4, 0.5) is 0 Å². The molecule has 3 aromatic carbocycles. The summed E-state index contributed by atoms with van der Waals surface area (Å²) in [6.07, 6.45) is 20.2. The Kier molecular flexibility index (Phi) is 11.3. The van der Waals surface area contributed by atoms with Crippen molar-refractivity contribution < 1.29 is 0 Å². The summed E-state index contributed by atoms with van der Waals surface area (Å²) in [5.74, 6) is 3.36.